The van der Waals surface area contributed by atoms with Gasteiger partial charge in [-0.2, -0.15) is 0 Å². The van der Waals surface area contributed by atoms with Crippen molar-refractivity contribution in [2.75, 3.05) is 4.90 Å². The first-order valence-corrected chi connectivity index (χ1v) is 9.37. The number of anilines is 1. The summed E-state index contributed by atoms with van der Waals surface area (Å²) in [6, 6.07) is 9.19. The first-order valence-electron chi connectivity index (χ1n) is 8.17. The van der Waals surface area contributed by atoms with E-state index in [-0.39, 0.29) is 10.7 Å². The maximum absolute atomic E-state index is 13.0. The maximum atomic E-state index is 13.0. The zero-order valence-electron chi connectivity index (χ0n) is 14.7. The molecule has 0 unspecified atom stereocenters. The third-order valence-corrected chi connectivity index (χ3v) is 5.17. The average Bonchev–Trinajstić information content (AvgIpc) is 2.84. The SMILES string of the molecule is CCn1c(C)cc(/C=C2\C(=O)NC(=S)N(c3cccc(Br)c3)C2=O)c1C. The summed E-state index contributed by atoms with van der Waals surface area (Å²) in [6.07, 6.45) is 1.64. The number of thiocarbonyl (C=S) groups is 1. The number of rotatable bonds is 3. The van der Waals surface area contributed by atoms with Gasteiger partial charge in [0.05, 0.1) is 5.69 Å². The highest BCUT2D eigenvalue weighted by Crippen LogP contribution is 2.26. The van der Waals surface area contributed by atoms with Crippen LogP contribution in [0.5, 0.6) is 0 Å². The van der Waals surface area contributed by atoms with Crippen molar-refractivity contribution in [3.8, 4) is 0 Å². The lowest BCUT2D eigenvalue weighted by molar-refractivity contribution is -0.122. The Hall–Kier alpha value is -2.25. The van der Waals surface area contributed by atoms with Gasteiger partial charge >= 0.3 is 0 Å². The van der Waals surface area contributed by atoms with E-state index in [1.165, 1.54) is 4.90 Å². The van der Waals surface area contributed by atoms with Crippen LogP contribution in [0.1, 0.15) is 23.9 Å². The lowest BCUT2D eigenvalue weighted by Gasteiger charge is -2.29. The Morgan fingerprint density at radius 1 is 1.23 bits per heavy atom. The fourth-order valence-corrected chi connectivity index (χ4v) is 3.79. The minimum Gasteiger partial charge on any atom is -0.349 e. The number of hydrogen-bond donors (Lipinski definition) is 1. The van der Waals surface area contributed by atoms with Gasteiger partial charge in [-0.15, -0.1) is 0 Å². The predicted octanol–water partition coefficient (Wildman–Crippen LogP) is 3.72. The summed E-state index contributed by atoms with van der Waals surface area (Å²) in [5.41, 5.74) is 3.61. The Labute approximate surface area is 165 Å². The van der Waals surface area contributed by atoms with Crippen LogP contribution in [0.3, 0.4) is 0 Å². The zero-order valence-corrected chi connectivity index (χ0v) is 17.1. The molecule has 0 spiro atoms. The summed E-state index contributed by atoms with van der Waals surface area (Å²) in [4.78, 5) is 26.8. The highest BCUT2D eigenvalue weighted by Gasteiger charge is 2.34. The summed E-state index contributed by atoms with van der Waals surface area (Å²) in [7, 11) is 0. The van der Waals surface area contributed by atoms with E-state index in [4.69, 9.17) is 12.2 Å². The van der Waals surface area contributed by atoms with E-state index >= 15 is 0 Å². The van der Waals surface area contributed by atoms with Crippen molar-refractivity contribution in [3.63, 3.8) is 0 Å². The molecule has 0 radical (unpaired) electrons. The van der Waals surface area contributed by atoms with Crippen molar-refractivity contribution in [3.05, 3.63) is 57.3 Å². The molecule has 1 aliphatic heterocycles. The molecule has 2 heterocycles. The van der Waals surface area contributed by atoms with Crippen LogP contribution in [-0.2, 0) is 16.1 Å². The molecule has 3 rings (SSSR count). The number of carbonyl (C=O) groups excluding carboxylic acids is 2. The summed E-state index contributed by atoms with van der Waals surface area (Å²) in [6.45, 7) is 6.87. The van der Waals surface area contributed by atoms with Crippen LogP contribution in [0, 0.1) is 13.8 Å². The molecule has 1 aromatic heterocycles. The van der Waals surface area contributed by atoms with E-state index < -0.39 is 11.8 Å². The fraction of sp³-hybridized carbons (Fsp3) is 0.211. The quantitative estimate of drug-likeness (QED) is 0.457. The second-order valence-electron chi connectivity index (χ2n) is 6.01. The van der Waals surface area contributed by atoms with E-state index in [1.807, 2.05) is 32.0 Å². The van der Waals surface area contributed by atoms with Crippen LogP contribution in [0.4, 0.5) is 5.69 Å². The van der Waals surface area contributed by atoms with Gasteiger partial charge in [-0.25, -0.2) is 0 Å². The normalized spacial score (nSPS) is 16.4. The Bertz CT molecular complexity index is 962. The number of benzene rings is 1. The van der Waals surface area contributed by atoms with Crippen molar-refractivity contribution in [2.24, 2.45) is 0 Å². The van der Waals surface area contributed by atoms with Crippen molar-refractivity contribution < 1.29 is 9.59 Å². The third kappa shape index (κ3) is 3.24. The van der Waals surface area contributed by atoms with Crippen molar-refractivity contribution in [2.45, 2.75) is 27.3 Å². The molecule has 7 heteroatoms. The zero-order chi connectivity index (χ0) is 19.0. The van der Waals surface area contributed by atoms with E-state index in [1.54, 1.807) is 18.2 Å². The smallest absolute Gasteiger partial charge is 0.270 e. The van der Waals surface area contributed by atoms with E-state index in [0.29, 0.717) is 5.69 Å². The second kappa shape index (κ2) is 7.17. The van der Waals surface area contributed by atoms with Gasteiger partial charge in [0.1, 0.15) is 5.57 Å². The molecule has 0 atom stereocenters. The summed E-state index contributed by atoms with van der Waals surface area (Å²) < 4.78 is 2.95. The van der Waals surface area contributed by atoms with Gasteiger partial charge in [-0.05, 0) is 68.9 Å². The first-order chi connectivity index (χ1) is 12.3. The Morgan fingerprint density at radius 3 is 2.58 bits per heavy atom. The minimum atomic E-state index is -0.479. The topological polar surface area (TPSA) is 54.3 Å². The number of hydrogen-bond acceptors (Lipinski definition) is 3. The van der Waals surface area contributed by atoms with E-state index in [0.717, 1.165) is 28.0 Å². The van der Waals surface area contributed by atoms with Crippen LogP contribution in [0.15, 0.2) is 40.4 Å². The first kappa shape index (κ1) is 18.5. The second-order valence-corrected chi connectivity index (χ2v) is 7.31. The number of amides is 2. The summed E-state index contributed by atoms with van der Waals surface area (Å²) in [5, 5.41) is 2.69. The highest BCUT2D eigenvalue weighted by atomic mass is 79.9. The number of aromatic nitrogens is 1. The Kier molecular flexibility index (Phi) is 5.11. The lowest BCUT2D eigenvalue weighted by atomic mass is 10.1. The Morgan fingerprint density at radius 2 is 1.96 bits per heavy atom. The number of nitrogens with one attached hydrogen (secondary N) is 1. The number of carbonyl (C=O) groups is 2. The third-order valence-electron chi connectivity index (χ3n) is 4.40. The average molecular weight is 432 g/mol. The molecule has 1 aliphatic rings. The van der Waals surface area contributed by atoms with Crippen molar-refractivity contribution in [1.29, 1.82) is 0 Å². The molecule has 2 aromatic rings. The fourth-order valence-electron chi connectivity index (χ4n) is 3.12. The summed E-state index contributed by atoms with van der Waals surface area (Å²) in [5.74, 6) is -0.911. The molecular weight excluding hydrogens is 414 g/mol. The molecule has 5 nitrogen and oxygen atoms in total. The van der Waals surface area contributed by atoms with Gasteiger partial charge in [0.2, 0.25) is 0 Å². The Balaban J connectivity index is 2.06. The van der Waals surface area contributed by atoms with Crippen molar-refractivity contribution in [1.82, 2.24) is 9.88 Å². The van der Waals surface area contributed by atoms with Gasteiger partial charge in [0.25, 0.3) is 11.8 Å². The van der Waals surface area contributed by atoms with Gasteiger partial charge in [-0.3, -0.25) is 19.8 Å². The van der Waals surface area contributed by atoms with E-state index in [2.05, 4.69) is 32.7 Å². The van der Waals surface area contributed by atoms with Gasteiger partial charge in [-0.1, -0.05) is 22.0 Å². The van der Waals surface area contributed by atoms with Gasteiger partial charge < -0.3 is 4.57 Å². The predicted molar refractivity (Wildman–Crippen MR) is 110 cm³/mol. The molecule has 134 valence electrons. The molecule has 0 aliphatic carbocycles. The number of nitrogens with zero attached hydrogens (tertiary/aromatic N) is 2. The minimum absolute atomic E-state index is 0.0647. The van der Waals surface area contributed by atoms with Crippen molar-refractivity contribution >= 4 is 56.8 Å². The highest BCUT2D eigenvalue weighted by molar-refractivity contribution is 9.10. The number of aryl methyl sites for hydroxylation is 1. The molecule has 0 bridgehead atoms. The maximum Gasteiger partial charge on any atom is 0.270 e. The van der Waals surface area contributed by atoms with Gasteiger partial charge in [0, 0.05) is 22.4 Å². The molecule has 26 heavy (non-hydrogen) atoms. The van der Waals surface area contributed by atoms with Crippen LogP contribution in [0.25, 0.3) is 6.08 Å². The molecular formula is C19H18BrN3O2S. The van der Waals surface area contributed by atoms with Crippen LogP contribution in [-0.4, -0.2) is 21.5 Å². The molecule has 1 saturated heterocycles. The van der Waals surface area contributed by atoms with Gasteiger partial charge in [0.15, 0.2) is 5.11 Å². The lowest BCUT2D eigenvalue weighted by Crippen LogP contribution is -2.54. The van der Waals surface area contributed by atoms with Crippen LogP contribution in [0.2, 0.25) is 0 Å². The van der Waals surface area contributed by atoms with Crippen LogP contribution < -0.4 is 10.2 Å². The number of halogens is 1. The summed E-state index contributed by atoms with van der Waals surface area (Å²) >= 11 is 8.61. The molecule has 1 fully saturated rings. The largest absolute Gasteiger partial charge is 0.349 e. The molecule has 2 amide bonds. The van der Waals surface area contributed by atoms with E-state index in [9.17, 15) is 9.59 Å². The molecule has 1 aromatic carbocycles. The molecule has 0 saturated carbocycles. The molecule has 1 N–H and O–H groups in total. The standard InChI is InChI=1S/C19H18BrN3O2S/c1-4-22-11(2)8-13(12(22)3)9-16-17(24)21-19(26)23(18(16)25)15-7-5-6-14(20)10-15/h5-10H,4H2,1-3H3,(H,21,24,26)/b16-9+. The van der Waals surface area contributed by atoms with Crippen LogP contribution >= 0.6 is 28.1 Å². The monoisotopic (exact) mass is 431 g/mol.